The van der Waals surface area contributed by atoms with Crippen molar-refractivity contribution in [3.63, 3.8) is 0 Å². The van der Waals surface area contributed by atoms with E-state index in [4.69, 9.17) is 4.74 Å². The smallest absolute Gasteiger partial charge is 0.339 e. The number of esters is 1. The van der Waals surface area contributed by atoms with Gasteiger partial charge in [0, 0.05) is 4.47 Å². The zero-order valence-corrected chi connectivity index (χ0v) is 11.8. The second-order valence-electron chi connectivity index (χ2n) is 4.00. The van der Waals surface area contributed by atoms with Crippen LogP contribution in [-0.4, -0.2) is 13.1 Å². The third-order valence-electron chi connectivity index (χ3n) is 2.83. The molecule has 0 saturated carbocycles. The number of carbonyl (C=O) groups is 1. The Kier molecular flexibility index (Phi) is 3.82. The van der Waals surface area contributed by atoms with E-state index in [-0.39, 0.29) is 5.97 Å². The molecular formula is C15H13BrO2. The van der Waals surface area contributed by atoms with Gasteiger partial charge in [-0.2, -0.15) is 0 Å². The molecule has 0 aliphatic rings. The van der Waals surface area contributed by atoms with Crippen LogP contribution in [0.15, 0.2) is 46.9 Å². The molecule has 18 heavy (non-hydrogen) atoms. The maximum Gasteiger partial charge on any atom is 0.339 e. The number of halogens is 1. The Morgan fingerprint density at radius 2 is 1.89 bits per heavy atom. The quantitative estimate of drug-likeness (QED) is 0.777. The van der Waals surface area contributed by atoms with Crippen LogP contribution < -0.4 is 0 Å². The highest BCUT2D eigenvalue weighted by molar-refractivity contribution is 9.10. The van der Waals surface area contributed by atoms with Crippen molar-refractivity contribution in [2.75, 3.05) is 7.11 Å². The zero-order chi connectivity index (χ0) is 13.1. The van der Waals surface area contributed by atoms with Gasteiger partial charge in [0.25, 0.3) is 0 Å². The van der Waals surface area contributed by atoms with E-state index in [0.717, 1.165) is 15.6 Å². The molecule has 0 saturated heterocycles. The lowest BCUT2D eigenvalue weighted by molar-refractivity contribution is 0.0599. The maximum atomic E-state index is 11.7. The van der Waals surface area contributed by atoms with Gasteiger partial charge >= 0.3 is 5.97 Å². The highest BCUT2D eigenvalue weighted by atomic mass is 79.9. The summed E-state index contributed by atoms with van der Waals surface area (Å²) < 4.78 is 5.51. The van der Waals surface area contributed by atoms with E-state index in [9.17, 15) is 4.79 Å². The number of methoxy groups -OCH3 is 1. The van der Waals surface area contributed by atoms with E-state index >= 15 is 0 Å². The molecule has 0 heterocycles. The Hall–Kier alpha value is -1.61. The van der Waals surface area contributed by atoms with Gasteiger partial charge in [-0.15, -0.1) is 0 Å². The van der Waals surface area contributed by atoms with Gasteiger partial charge in [0.15, 0.2) is 0 Å². The van der Waals surface area contributed by atoms with Gasteiger partial charge in [0.2, 0.25) is 0 Å². The Bertz CT molecular complexity index is 591. The van der Waals surface area contributed by atoms with Gasteiger partial charge < -0.3 is 4.74 Å². The van der Waals surface area contributed by atoms with E-state index in [0.29, 0.717) is 5.56 Å². The number of carbonyl (C=O) groups excluding carboxylic acids is 1. The van der Waals surface area contributed by atoms with Gasteiger partial charge in [0.05, 0.1) is 12.7 Å². The summed E-state index contributed by atoms with van der Waals surface area (Å²) in [4.78, 5) is 11.7. The highest BCUT2D eigenvalue weighted by Gasteiger charge is 2.12. The maximum absolute atomic E-state index is 11.7. The van der Waals surface area contributed by atoms with Gasteiger partial charge in [-0.3, -0.25) is 0 Å². The van der Waals surface area contributed by atoms with E-state index in [1.54, 1.807) is 0 Å². The van der Waals surface area contributed by atoms with Crippen molar-refractivity contribution in [2.24, 2.45) is 0 Å². The van der Waals surface area contributed by atoms with Gasteiger partial charge in [0.1, 0.15) is 0 Å². The first-order valence-electron chi connectivity index (χ1n) is 5.57. The van der Waals surface area contributed by atoms with Crippen LogP contribution in [-0.2, 0) is 4.74 Å². The minimum atomic E-state index is -0.336. The van der Waals surface area contributed by atoms with Crippen LogP contribution in [0.1, 0.15) is 15.9 Å². The van der Waals surface area contributed by atoms with Gasteiger partial charge in [-0.25, -0.2) is 4.79 Å². The predicted molar refractivity (Wildman–Crippen MR) is 75.7 cm³/mol. The molecule has 2 nitrogen and oxygen atoms in total. The first-order chi connectivity index (χ1) is 8.63. The molecule has 0 radical (unpaired) electrons. The molecule has 0 atom stereocenters. The minimum Gasteiger partial charge on any atom is -0.465 e. The fraction of sp³-hybridized carbons (Fsp3) is 0.133. The van der Waals surface area contributed by atoms with Crippen LogP contribution in [0.25, 0.3) is 11.1 Å². The van der Waals surface area contributed by atoms with Crippen molar-refractivity contribution in [2.45, 2.75) is 6.92 Å². The lowest BCUT2D eigenvalue weighted by Gasteiger charge is -2.09. The number of rotatable bonds is 2. The first kappa shape index (κ1) is 12.8. The highest BCUT2D eigenvalue weighted by Crippen LogP contribution is 2.28. The Balaban J connectivity index is 2.54. The number of hydrogen-bond acceptors (Lipinski definition) is 2. The van der Waals surface area contributed by atoms with Crippen LogP contribution in [0.3, 0.4) is 0 Å². The van der Waals surface area contributed by atoms with Crippen LogP contribution in [0, 0.1) is 6.92 Å². The third-order valence-corrected chi connectivity index (χ3v) is 3.52. The minimum absolute atomic E-state index is 0.336. The molecule has 2 rings (SSSR count). The first-order valence-corrected chi connectivity index (χ1v) is 6.36. The van der Waals surface area contributed by atoms with Gasteiger partial charge in [-0.1, -0.05) is 30.3 Å². The number of ether oxygens (including phenoxy) is 1. The molecule has 0 amide bonds. The zero-order valence-electron chi connectivity index (χ0n) is 10.2. The monoisotopic (exact) mass is 304 g/mol. The molecule has 2 aromatic rings. The van der Waals surface area contributed by atoms with Crippen molar-refractivity contribution in [1.82, 2.24) is 0 Å². The second-order valence-corrected chi connectivity index (χ2v) is 4.86. The van der Waals surface area contributed by atoms with Crippen molar-refractivity contribution in [3.8, 4) is 11.1 Å². The van der Waals surface area contributed by atoms with Crippen LogP contribution in [0.5, 0.6) is 0 Å². The molecule has 0 aromatic heterocycles. The van der Waals surface area contributed by atoms with Crippen LogP contribution in [0.2, 0.25) is 0 Å². The topological polar surface area (TPSA) is 26.3 Å². The lowest BCUT2D eigenvalue weighted by atomic mass is 9.99. The SMILES string of the molecule is COC(=O)c1cc(-c2ccccc2C)ccc1Br. The summed E-state index contributed by atoms with van der Waals surface area (Å²) >= 11 is 3.36. The Morgan fingerprint density at radius 3 is 2.56 bits per heavy atom. The molecule has 3 heteroatoms. The molecule has 0 aliphatic carbocycles. The lowest BCUT2D eigenvalue weighted by Crippen LogP contribution is -2.02. The van der Waals surface area contributed by atoms with E-state index in [1.807, 2.05) is 36.4 Å². The summed E-state index contributed by atoms with van der Waals surface area (Å²) in [6.07, 6.45) is 0. The van der Waals surface area contributed by atoms with Crippen molar-refractivity contribution in [1.29, 1.82) is 0 Å². The van der Waals surface area contributed by atoms with Crippen LogP contribution in [0.4, 0.5) is 0 Å². The normalized spacial score (nSPS) is 10.2. The largest absolute Gasteiger partial charge is 0.465 e. The van der Waals surface area contributed by atoms with E-state index in [2.05, 4.69) is 28.9 Å². The molecular weight excluding hydrogens is 292 g/mol. The standard InChI is InChI=1S/C15H13BrO2/c1-10-5-3-4-6-12(10)11-7-8-14(16)13(9-11)15(17)18-2/h3-9H,1-2H3. The molecule has 0 bridgehead atoms. The average molecular weight is 305 g/mol. The molecule has 2 aromatic carbocycles. The number of hydrogen-bond donors (Lipinski definition) is 0. The van der Waals surface area contributed by atoms with Crippen molar-refractivity contribution in [3.05, 3.63) is 58.1 Å². The molecule has 0 spiro atoms. The summed E-state index contributed by atoms with van der Waals surface area (Å²) in [6, 6.07) is 13.8. The summed E-state index contributed by atoms with van der Waals surface area (Å²) in [5, 5.41) is 0. The second kappa shape index (κ2) is 5.36. The molecule has 0 N–H and O–H groups in total. The van der Waals surface area contributed by atoms with Crippen LogP contribution >= 0.6 is 15.9 Å². The Morgan fingerprint density at radius 1 is 1.17 bits per heavy atom. The fourth-order valence-corrected chi connectivity index (χ4v) is 2.26. The molecule has 92 valence electrons. The van der Waals surface area contributed by atoms with Gasteiger partial charge in [-0.05, 0) is 51.7 Å². The van der Waals surface area contributed by atoms with E-state index < -0.39 is 0 Å². The number of aryl methyl sites for hydroxylation is 1. The predicted octanol–water partition coefficient (Wildman–Crippen LogP) is 4.21. The third kappa shape index (κ3) is 2.46. The molecule has 0 fully saturated rings. The summed E-state index contributed by atoms with van der Waals surface area (Å²) in [5.74, 6) is -0.336. The Labute approximate surface area is 115 Å². The molecule has 0 aliphatic heterocycles. The fourth-order valence-electron chi connectivity index (χ4n) is 1.86. The molecule has 0 unspecified atom stereocenters. The average Bonchev–Trinajstić information content (AvgIpc) is 2.39. The van der Waals surface area contributed by atoms with Crippen molar-refractivity contribution >= 4 is 21.9 Å². The summed E-state index contributed by atoms with van der Waals surface area (Å²) in [7, 11) is 1.38. The van der Waals surface area contributed by atoms with E-state index in [1.165, 1.54) is 12.7 Å². The summed E-state index contributed by atoms with van der Waals surface area (Å²) in [5.41, 5.74) is 3.85. The van der Waals surface area contributed by atoms with Crippen molar-refractivity contribution < 1.29 is 9.53 Å². The number of benzene rings is 2. The summed E-state index contributed by atoms with van der Waals surface area (Å²) in [6.45, 7) is 2.05.